The van der Waals surface area contributed by atoms with Crippen molar-refractivity contribution in [1.29, 1.82) is 0 Å². The second-order valence-corrected chi connectivity index (χ2v) is 7.44. The minimum absolute atomic E-state index is 0.825. The van der Waals surface area contributed by atoms with E-state index in [-0.39, 0.29) is 0 Å². The van der Waals surface area contributed by atoms with E-state index in [2.05, 4.69) is 44.2 Å². The maximum absolute atomic E-state index is 6.17. The molecule has 0 bridgehead atoms. The second-order valence-electron chi connectivity index (χ2n) is 4.70. The Bertz CT molecular complexity index is 266. The largest absolute Gasteiger partial charge is 0.416 e. The molecule has 0 saturated heterocycles. The molecule has 1 nitrogen and oxygen atoms in total. The molecule has 1 rings (SSSR count). The zero-order valence-corrected chi connectivity index (χ0v) is 12.5. The molecule has 0 radical (unpaired) electrons. The highest BCUT2D eigenvalue weighted by atomic mass is 28.3. The first-order chi connectivity index (χ1) is 8.36. The lowest BCUT2D eigenvalue weighted by Crippen LogP contribution is -2.17. The fourth-order valence-electron chi connectivity index (χ4n) is 1.96. The fraction of sp³-hybridized carbons (Fsp3) is 0.600. The van der Waals surface area contributed by atoms with Crippen molar-refractivity contribution in [1.82, 2.24) is 0 Å². The highest BCUT2D eigenvalue weighted by Crippen LogP contribution is 2.13. The Balaban J connectivity index is 2.31. The van der Waals surface area contributed by atoms with E-state index in [9.17, 15) is 0 Å². The minimum Gasteiger partial charge on any atom is -0.416 e. The van der Waals surface area contributed by atoms with Crippen LogP contribution in [0, 0.1) is 0 Å². The quantitative estimate of drug-likeness (QED) is 0.585. The van der Waals surface area contributed by atoms with Gasteiger partial charge in [-0.3, -0.25) is 0 Å². The van der Waals surface area contributed by atoms with Gasteiger partial charge in [0.1, 0.15) is 0 Å². The van der Waals surface area contributed by atoms with Gasteiger partial charge in [0.15, 0.2) is 9.04 Å². The molecule has 17 heavy (non-hydrogen) atoms. The SMILES string of the molecule is CCCC[SiH](CCCC)OCc1ccccc1. The topological polar surface area (TPSA) is 9.23 Å². The molecule has 96 valence electrons. The molecule has 0 N–H and O–H groups in total. The Hall–Kier alpha value is -0.603. The Kier molecular flexibility index (Phi) is 8.02. The van der Waals surface area contributed by atoms with Crippen molar-refractivity contribution in [2.45, 2.75) is 58.2 Å². The number of unbranched alkanes of at least 4 members (excludes halogenated alkanes) is 2. The van der Waals surface area contributed by atoms with Crippen LogP contribution in [0.25, 0.3) is 0 Å². The lowest BCUT2D eigenvalue weighted by atomic mass is 10.2. The van der Waals surface area contributed by atoms with Gasteiger partial charge in [0.25, 0.3) is 0 Å². The van der Waals surface area contributed by atoms with Crippen LogP contribution >= 0.6 is 0 Å². The van der Waals surface area contributed by atoms with Crippen LogP contribution in [0.2, 0.25) is 12.1 Å². The van der Waals surface area contributed by atoms with E-state index in [0.29, 0.717) is 0 Å². The first kappa shape index (κ1) is 14.5. The van der Waals surface area contributed by atoms with Crippen LogP contribution in [0.1, 0.15) is 45.1 Å². The van der Waals surface area contributed by atoms with Gasteiger partial charge in [-0.1, -0.05) is 69.9 Å². The third-order valence-corrected chi connectivity index (χ3v) is 5.83. The van der Waals surface area contributed by atoms with Crippen molar-refractivity contribution in [2.24, 2.45) is 0 Å². The number of hydrogen-bond acceptors (Lipinski definition) is 1. The van der Waals surface area contributed by atoms with Gasteiger partial charge < -0.3 is 4.43 Å². The molecule has 0 aromatic heterocycles. The number of benzene rings is 1. The zero-order chi connectivity index (χ0) is 12.3. The monoisotopic (exact) mass is 250 g/mol. The standard InChI is InChI=1S/C15H26OSi/c1-3-5-12-17(13-6-4-2)16-14-15-10-8-7-9-11-15/h7-11,17H,3-6,12-14H2,1-2H3. The van der Waals surface area contributed by atoms with Crippen molar-refractivity contribution >= 4 is 9.04 Å². The van der Waals surface area contributed by atoms with Crippen LogP contribution in [0.5, 0.6) is 0 Å². The molecule has 0 aliphatic heterocycles. The molecule has 0 saturated carbocycles. The van der Waals surface area contributed by atoms with E-state index in [1.807, 2.05) is 0 Å². The van der Waals surface area contributed by atoms with Gasteiger partial charge in [-0.2, -0.15) is 0 Å². The fourth-order valence-corrected chi connectivity index (χ4v) is 4.74. The second kappa shape index (κ2) is 9.43. The van der Waals surface area contributed by atoms with Gasteiger partial charge in [0, 0.05) is 0 Å². The Labute approximate surface area is 108 Å². The molecule has 0 spiro atoms. The summed E-state index contributed by atoms with van der Waals surface area (Å²) in [5.74, 6) is 0. The van der Waals surface area contributed by atoms with E-state index in [0.717, 1.165) is 6.61 Å². The summed E-state index contributed by atoms with van der Waals surface area (Å²) in [6.45, 7) is 5.36. The molecule has 0 unspecified atom stereocenters. The summed E-state index contributed by atoms with van der Waals surface area (Å²) in [7, 11) is -0.939. The predicted octanol–water partition coefficient (Wildman–Crippen LogP) is 4.53. The Morgan fingerprint density at radius 3 is 2.06 bits per heavy atom. The van der Waals surface area contributed by atoms with E-state index in [4.69, 9.17) is 4.43 Å². The lowest BCUT2D eigenvalue weighted by Gasteiger charge is -2.15. The van der Waals surface area contributed by atoms with Gasteiger partial charge in [-0.25, -0.2) is 0 Å². The minimum atomic E-state index is -0.939. The van der Waals surface area contributed by atoms with Crippen LogP contribution in [-0.4, -0.2) is 9.04 Å². The summed E-state index contributed by atoms with van der Waals surface area (Å²) < 4.78 is 6.17. The molecule has 0 aliphatic rings. The molecule has 0 atom stereocenters. The lowest BCUT2D eigenvalue weighted by molar-refractivity contribution is 0.304. The van der Waals surface area contributed by atoms with Crippen LogP contribution in [0.15, 0.2) is 30.3 Å². The van der Waals surface area contributed by atoms with E-state index in [1.54, 1.807) is 0 Å². The Morgan fingerprint density at radius 2 is 1.53 bits per heavy atom. The van der Waals surface area contributed by atoms with Crippen molar-refractivity contribution < 1.29 is 4.43 Å². The van der Waals surface area contributed by atoms with Gasteiger partial charge in [0.05, 0.1) is 6.61 Å². The molecule has 1 aromatic carbocycles. The van der Waals surface area contributed by atoms with Crippen LogP contribution in [0.3, 0.4) is 0 Å². The average Bonchev–Trinajstić information content (AvgIpc) is 2.39. The molecular weight excluding hydrogens is 224 g/mol. The third kappa shape index (κ3) is 6.64. The van der Waals surface area contributed by atoms with Crippen molar-refractivity contribution in [3.63, 3.8) is 0 Å². The summed E-state index contributed by atoms with van der Waals surface area (Å²) in [6.07, 6.45) is 5.28. The Morgan fingerprint density at radius 1 is 0.941 bits per heavy atom. The molecule has 0 heterocycles. The third-order valence-electron chi connectivity index (χ3n) is 3.09. The number of rotatable bonds is 9. The molecule has 0 aliphatic carbocycles. The number of hydrogen-bond donors (Lipinski definition) is 0. The molecule has 2 heteroatoms. The first-order valence-corrected chi connectivity index (χ1v) is 9.12. The molecule has 0 amide bonds. The average molecular weight is 250 g/mol. The van der Waals surface area contributed by atoms with Crippen molar-refractivity contribution in [2.75, 3.05) is 0 Å². The summed E-state index contributed by atoms with van der Waals surface area (Å²) in [5.41, 5.74) is 1.32. The predicted molar refractivity (Wildman–Crippen MR) is 77.8 cm³/mol. The highest BCUT2D eigenvalue weighted by Gasteiger charge is 2.10. The molecular formula is C15H26OSi. The van der Waals surface area contributed by atoms with E-state index in [1.165, 1.54) is 43.3 Å². The molecule has 1 aromatic rings. The molecule has 0 fully saturated rings. The van der Waals surface area contributed by atoms with Gasteiger partial charge in [0.2, 0.25) is 0 Å². The van der Waals surface area contributed by atoms with Gasteiger partial charge in [-0.05, 0) is 17.7 Å². The van der Waals surface area contributed by atoms with Crippen LogP contribution < -0.4 is 0 Å². The van der Waals surface area contributed by atoms with Gasteiger partial charge in [-0.15, -0.1) is 0 Å². The zero-order valence-electron chi connectivity index (χ0n) is 11.3. The van der Waals surface area contributed by atoms with E-state index >= 15 is 0 Å². The van der Waals surface area contributed by atoms with Crippen LogP contribution in [-0.2, 0) is 11.0 Å². The van der Waals surface area contributed by atoms with Crippen LogP contribution in [0.4, 0.5) is 0 Å². The summed E-state index contributed by atoms with van der Waals surface area (Å²) in [5, 5.41) is 0. The maximum atomic E-state index is 6.17. The summed E-state index contributed by atoms with van der Waals surface area (Å²) in [6, 6.07) is 13.3. The smallest absolute Gasteiger partial charge is 0.177 e. The highest BCUT2D eigenvalue weighted by molar-refractivity contribution is 6.51. The maximum Gasteiger partial charge on any atom is 0.177 e. The summed E-state index contributed by atoms with van der Waals surface area (Å²) in [4.78, 5) is 0. The van der Waals surface area contributed by atoms with E-state index < -0.39 is 9.04 Å². The first-order valence-electron chi connectivity index (χ1n) is 7.02. The summed E-state index contributed by atoms with van der Waals surface area (Å²) >= 11 is 0. The van der Waals surface area contributed by atoms with Gasteiger partial charge >= 0.3 is 0 Å². The van der Waals surface area contributed by atoms with Crippen molar-refractivity contribution in [3.05, 3.63) is 35.9 Å². The normalized spacial score (nSPS) is 11.0. The van der Waals surface area contributed by atoms with Crippen molar-refractivity contribution in [3.8, 4) is 0 Å².